The lowest BCUT2D eigenvalue weighted by Crippen LogP contribution is -2.36. The summed E-state index contributed by atoms with van der Waals surface area (Å²) in [5, 5.41) is 11.1. The van der Waals surface area contributed by atoms with Crippen LogP contribution in [0.25, 0.3) is 11.3 Å². The molecule has 112 valence electrons. The van der Waals surface area contributed by atoms with E-state index in [1.807, 2.05) is 12.3 Å². The minimum absolute atomic E-state index is 0.481. The van der Waals surface area contributed by atoms with Gasteiger partial charge in [-0.3, -0.25) is 5.10 Å². The smallest absolute Gasteiger partial charge is 0.0695 e. The van der Waals surface area contributed by atoms with Crippen molar-refractivity contribution < 1.29 is 0 Å². The molecule has 0 aliphatic heterocycles. The topological polar surface area (TPSA) is 40.7 Å². The van der Waals surface area contributed by atoms with Crippen LogP contribution in [0.3, 0.4) is 0 Å². The van der Waals surface area contributed by atoms with Crippen LogP contribution < -0.4 is 5.32 Å². The maximum absolute atomic E-state index is 4.23. The highest BCUT2D eigenvalue weighted by molar-refractivity contribution is 5.62. The molecule has 21 heavy (non-hydrogen) atoms. The van der Waals surface area contributed by atoms with E-state index in [-0.39, 0.29) is 0 Å². The monoisotopic (exact) mass is 283 g/mol. The van der Waals surface area contributed by atoms with Crippen molar-refractivity contribution in [2.75, 3.05) is 0 Å². The number of benzene rings is 1. The average molecular weight is 283 g/mol. The van der Waals surface area contributed by atoms with Crippen molar-refractivity contribution in [1.29, 1.82) is 0 Å². The second-order valence-corrected chi connectivity index (χ2v) is 6.97. The van der Waals surface area contributed by atoms with Gasteiger partial charge in [0.2, 0.25) is 0 Å². The molecule has 3 rings (SSSR count). The maximum atomic E-state index is 4.23. The van der Waals surface area contributed by atoms with Crippen LogP contribution in [0.5, 0.6) is 0 Å². The molecule has 1 saturated carbocycles. The Bertz CT molecular complexity index is 571. The van der Waals surface area contributed by atoms with E-state index in [0.29, 0.717) is 11.5 Å². The van der Waals surface area contributed by atoms with E-state index in [2.05, 4.69) is 53.6 Å². The lowest BCUT2D eigenvalue weighted by molar-refractivity contribution is 0.198. The molecular weight excluding hydrogens is 258 g/mol. The first-order chi connectivity index (χ1) is 10.1. The van der Waals surface area contributed by atoms with Crippen LogP contribution in [0.15, 0.2) is 36.5 Å². The summed E-state index contributed by atoms with van der Waals surface area (Å²) < 4.78 is 0. The fourth-order valence-corrected chi connectivity index (χ4v) is 3.43. The van der Waals surface area contributed by atoms with Crippen LogP contribution >= 0.6 is 0 Å². The minimum Gasteiger partial charge on any atom is -0.310 e. The summed E-state index contributed by atoms with van der Waals surface area (Å²) in [5.74, 6) is 0. The van der Waals surface area contributed by atoms with E-state index in [1.54, 1.807) is 0 Å². The fraction of sp³-hybridized carbons (Fsp3) is 0.500. The third kappa shape index (κ3) is 3.53. The van der Waals surface area contributed by atoms with Gasteiger partial charge in [-0.2, -0.15) is 5.10 Å². The number of rotatable bonds is 4. The summed E-state index contributed by atoms with van der Waals surface area (Å²) in [4.78, 5) is 0. The number of aromatic amines is 1. The molecule has 1 aliphatic rings. The fourth-order valence-electron chi connectivity index (χ4n) is 3.43. The van der Waals surface area contributed by atoms with Crippen LogP contribution in [0, 0.1) is 5.41 Å². The Hall–Kier alpha value is -1.61. The molecule has 0 spiro atoms. The molecule has 0 amide bonds. The highest BCUT2D eigenvalue weighted by atomic mass is 15.1. The summed E-state index contributed by atoms with van der Waals surface area (Å²) in [6, 6.07) is 11.1. The summed E-state index contributed by atoms with van der Waals surface area (Å²) in [7, 11) is 0. The Labute approximate surface area is 127 Å². The van der Waals surface area contributed by atoms with Gasteiger partial charge in [-0.25, -0.2) is 0 Å². The van der Waals surface area contributed by atoms with Gasteiger partial charge in [0.1, 0.15) is 0 Å². The standard InChI is InChI=1S/C18H25N3/c1-18(2)10-6-9-16(11-18)19-12-15-13-20-21-17(15)14-7-4-3-5-8-14/h3-5,7-8,13,16,19H,6,9-12H2,1-2H3,(H,20,21). The molecule has 1 atom stereocenters. The van der Waals surface area contributed by atoms with Gasteiger partial charge < -0.3 is 5.32 Å². The van der Waals surface area contributed by atoms with E-state index in [9.17, 15) is 0 Å². The van der Waals surface area contributed by atoms with Crippen molar-refractivity contribution >= 4 is 0 Å². The van der Waals surface area contributed by atoms with Gasteiger partial charge in [-0.05, 0) is 30.2 Å². The zero-order chi connectivity index (χ0) is 14.7. The SMILES string of the molecule is CC1(C)CCCC(NCc2cn[nH]c2-c2ccccc2)C1. The van der Waals surface area contributed by atoms with E-state index in [1.165, 1.54) is 36.8 Å². The average Bonchev–Trinajstić information content (AvgIpc) is 2.93. The lowest BCUT2D eigenvalue weighted by atomic mass is 9.75. The third-order valence-corrected chi connectivity index (χ3v) is 4.57. The van der Waals surface area contributed by atoms with Crippen molar-refractivity contribution in [3.63, 3.8) is 0 Å². The van der Waals surface area contributed by atoms with Crippen LogP contribution in [0.1, 0.15) is 45.1 Å². The molecule has 0 saturated heterocycles. The van der Waals surface area contributed by atoms with Crippen molar-refractivity contribution in [2.24, 2.45) is 5.41 Å². The summed E-state index contributed by atoms with van der Waals surface area (Å²) in [6.45, 7) is 5.66. The number of hydrogen-bond donors (Lipinski definition) is 2. The highest BCUT2D eigenvalue weighted by Crippen LogP contribution is 2.35. The summed E-state index contributed by atoms with van der Waals surface area (Å²) in [6.07, 6.45) is 7.20. The Morgan fingerprint density at radius 1 is 1.29 bits per heavy atom. The molecule has 2 N–H and O–H groups in total. The van der Waals surface area contributed by atoms with Crippen LogP contribution in [-0.4, -0.2) is 16.2 Å². The molecule has 1 aliphatic carbocycles. The molecule has 2 aromatic rings. The first kappa shape index (κ1) is 14.3. The van der Waals surface area contributed by atoms with E-state index < -0.39 is 0 Å². The van der Waals surface area contributed by atoms with Gasteiger partial charge in [0.05, 0.1) is 11.9 Å². The van der Waals surface area contributed by atoms with Crippen molar-refractivity contribution in [3.8, 4) is 11.3 Å². The zero-order valence-electron chi connectivity index (χ0n) is 13.0. The van der Waals surface area contributed by atoms with Gasteiger partial charge in [0, 0.05) is 18.2 Å². The van der Waals surface area contributed by atoms with Crippen molar-refractivity contribution in [2.45, 2.75) is 52.1 Å². The number of aromatic nitrogens is 2. The largest absolute Gasteiger partial charge is 0.310 e. The Morgan fingerprint density at radius 2 is 2.10 bits per heavy atom. The second kappa shape index (κ2) is 6.02. The van der Waals surface area contributed by atoms with E-state index in [4.69, 9.17) is 0 Å². The maximum Gasteiger partial charge on any atom is 0.0695 e. The Balaban J connectivity index is 1.65. The van der Waals surface area contributed by atoms with Crippen molar-refractivity contribution in [1.82, 2.24) is 15.5 Å². The third-order valence-electron chi connectivity index (χ3n) is 4.57. The summed E-state index contributed by atoms with van der Waals surface area (Å²) >= 11 is 0. The molecule has 3 heteroatoms. The van der Waals surface area contributed by atoms with Crippen molar-refractivity contribution in [3.05, 3.63) is 42.1 Å². The minimum atomic E-state index is 0.481. The highest BCUT2D eigenvalue weighted by Gasteiger charge is 2.27. The molecule has 1 aromatic heterocycles. The van der Waals surface area contributed by atoms with Crippen LogP contribution in [0.4, 0.5) is 0 Å². The molecule has 3 nitrogen and oxygen atoms in total. The van der Waals surface area contributed by atoms with Crippen LogP contribution in [0.2, 0.25) is 0 Å². The second-order valence-electron chi connectivity index (χ2n) is 6.97. The predicted octanol–water partition coefficient (Wildman–Crippen LogP) is 4.14. The van der Waals surface area contributed by atoms with Crippen LogP contribution in [-0.2, 0) is 6.54 Å². The lowest BCUT2D eigenvalue weighted by Gasteiger charge is -2.35. The zero-order valence-corrected chi connectivity index (χ0v) is 13.0. The van der Waals surface area contributed by atoms with Gasteiger partial charge in [-0.15, -0.1) is 0 Å². The first-order valence-electron chi connectivity index (χ1n) is 7.95. The predicted molar refractivity (Wildman–Crippen MR) is 86.9 cm³/mol. The molecule has 1 fully saturated rings. The Morgan fingerprint density at radius 3 is 2.86 bits per heavy atom. The number of hydrogen-bond acceptors (Lipinski definition) is 2. The van der Waals surface area contributed by atoms with Gasteiger partial charge in [0.25, 0.3) is 0 Å². The number of nitrogens with zero attached hydrogens (tertiary/aromatic N) is 1. The molecule has 1 aromatic carbocycles. The molecule has 0 radical (unpaired) electrons. The Kier molecular flexibility index (Phi) is 4.11. The normalized spacial score (nSPS) is 21.3. The number of nitrogens with one attached hydrogen (secondary N) is 2. The molecule has 1 unspecified atom stereocenters. The first-order valence-corrected chi connectivity index (χ1v) is 7.95. The van der Waals surface area contributed by atoms with E-state index >= 15 is 0 Å². The quantitative estimate of drug-likeness (QED) is 0.885. The van der Waals surface area contributed by atoms with Gasteiger partial charge in [0.15, 0.2) is 0 Å². The van der Waals surface area contributed by atoms with Gasteiger partial charge >= 0.3 is 0 Å². The summed E-state index contributed by atoms with van der Waals surface area (Å²) in [5.41, 5.74) is 4.08. The molecule has 0 bridgehead atoms. The molecule has 1 heterocycles. The number of H-pyrrole nitrogens is 1. The molecular formula is C18H25N3. The van der Waals surface area contributed by atoms with Gasteiger partial charge in [-0.1, -0.05) is 50.6 Å². The van der Waals surface area contributed by atoms with E-state index in [0.717, 1.165) is 12.2 Å².